The van der Waals surface area contributed by atoms with Crippen LogP contribution in [0.2, 0.25) is 0 Å². The summed E-state index contributed by atoms with van der Waals surface area (Å²) in [6, 6.07) is 0. The topological polar surface area (TPSA) is 69.4 Å². The molecule has 1 aromatic rings. The molecule has 88 valence electrons. The molecule has 0 aliphatic heterocycles. The molecule has 0 spiro atoms. The molecule has 0 N–H and O–H groups in total. The maximum atomic E-state index is 11.4. The zero-order valence-electron chi connectivity index (χ0n) is 9.70. The van der Waals surface area contributed by atoms with E-state index >= 15 is 0 Å². The number of aryl methyl sites for hydroxylation is 2. The third-order valence-electron chi connectivity index (χ3n) is 2.40. The molecule has 1 aromatic heterocycles. The summed E-state index contributed by atoms with van der Waals surface area (Å²) in [4.78, 5) is 22.2. The van der Waals surface area contributed by atoms with Gasteiger partial charge in [-0.1, -0.05) is 5.16 Å². The van der Waals surface area contributed by atoms with Crippen LogP contribution in [-0.2, 0) is 20.7 Å². The maximum absolute atomic E-state index is 11.4. The van der Waals surface area contributed by atoms with E-state index in [4.69, 9.17) is 4.52 Å². The molecule has 0 atom stereocenters. The highest BCUT2D eigenvalue weighted by Gasteiger charge is 2.13. The number of methoxy groups -OCH3 is 1. The van der Waals surface area contributed by atoms with Crippen molar-refractivity contribution in [3.8, 4) is 0 Å². The van der Waals surface area contributed by atoms with Gasteiger partial charge in [-0.2, -0.15) is 0 Å². The van der Waals surface area contributed by atoms with Crippen molar-refractivity contribution in [3.63, 3.8) is 0 Å². The van der Waals surface area contributed by atoms with Crippen molar-refractivity contribution in [3.05, 3.63) is 17.0 Å². The van der Waals surface area contributed by atoms with Gasteiger partial charge in [0.2, 0.25) is 0 Å². The number of hydrogen-bond acceptors (Lipinski definition) is 5. The number of esters is 1. The smallest absolute Gasteiger partial charge is 0.313 e. The molecule has 0 aliphatic rings. The Balaban J connectivity index is 2.46. The summed E-state index contributed by atoms with van der Waals surface area (Å²) in [5.74, 6) is 0.0963. The summed E-state index contributed by atoms with van der Waals surface area (Å²) in [5, 5.41) is 3.79. The Morgan fingerprint density at radius 3 is 2.56 bits per heavy atom. The number of ether oxygens (including phenoxy) is 1. The average molecular weight is 225 g/mol. The molecule has 0 amide bonds. The molecule has 5 heteroatoms. The van der Waals surface area contributed by atoms with Gasteiger partial charge in [0.1, 0.15) is 18.0 Å². The molecular formula is C11H15NO4. The minimum Gasteiger partial charge on any atom is -0.469 e. The van der Waals surface area contributed by atoms with Gasteiger partial charge in [0, 0.05) is 12.0 Å². The Hall–Kier alpha value is -1.65. The molecule has 1 heterocycles. The Labute approximate surface area is 93.8 Å². The first-order chi connectivity index (χ1) is 7.54. The third kappa shape index (κ3) is 3.18. The number of ketones is 1. The quantitative estimate of drug-likeness (QED) is 0.559. The van der Waals surface area contributed by atoms with Crippen molar-refractivity contribution in [1.82, 2.24) is 5.16 Å². The molecule has 0 saturated carbocycles. The second-order valence-corrected chi connectivity index (χ2v) is 3.59. The molecule has 0 aromatic carbocycles. The Morgan fingerprint density at radius 1 is 1.38 bits per heavy atom. The van der Waals surface area contributed by atoms with E-state index in [0.29, 0.717) is 12.8 Å². The van der Waals surface area contributed by atoms with E-state index < -0.39 is 5.97 Å². The lowest BCUT2D eigenvalue weighted by atomic mass is 10.1. The van der Waals surface area contributed by atoms with E-state index in [1.165, 1.54) is 7.11 Å². The van der Waals surface area contributed by atoms with Crippen LogP contribution in [0.3, 0.4) is 0 Å². The summed E-state index contributed by atoms with van der Waals surface area (Å²) in [7, 11) is 1.27. The van der Waals surface area contributed by atoms with Crippen LogP contribution >= 0.6 is 0 Å². The summed E-state index contributed by atoms with van der Waals surface area (Å²) < 4.78 is 9.39. The zero-order valence-corrected chi connectivity index (χ0v) is 9.70. The Bertz CT molecular complexity index is 375. The van der Waals surface area contributed by atoms with Gasteiger partial charge in [0.25, 0.3) is 0 Å². The standard InChI is InChI=1S/C11H15NO4/c1-7-10(8(2)16-12-7)5-4-9(13)6-11(14)15-3/h4-6H2,1-3H3. The molecule has 0 fully saturated rings. The van der Waals surface area contributed by atoms with E-state index in [9.17, 15) is 9.59 Å². The number of rotatable bonds is 5. The molecule has 0 unspecified atom stereocenters. The first-order valence-electron chi connectivity index (χ1n) is 5.05. The van der Waals surface area contributed by atoms with Gasteiger partial charge in [0.15, 0.2) is 0 Å². The average Bonchev–Trinajstić information content (AvgIpc) is 2.56. The van der Waals surface area contributed by atoms with E-state index in [1.807, 2.05) is 6.92 Å². The largest absolute Gasteiger partial charge is 0.469 e. The lowest BCUT2D eigenvalue weighted by molar-refractivity contribution is -0.143. The molecule has 1 rings (SSSR count). The van der Waals surface area contributed by atoms with E-state index in [1.54, 1.807) is 6.92 Å². The monoisotopic (exact) mass is 225 g/mol. The molecule has 0 radical (unpaired) electrons. The van der Waals surface area contributed by atoms with Crippen LogP contribution in [0, 0.1) is 13.8 Å². The van der Waals surface area contributed by atoms with Gasteiger partial charge in [-0.25, -0.2) is 0 Å². The second kappa shape index (κ2) is 5.44. The lowest BCUT2D eigenvalue weighted by Crippen LogP contribution is -2.10. The number of nitrogens with zero attached hydrogens (tertiary/aromatic N) is 1. The van der Waals surface area contributed by atoms with E-state index in [0.717, 1.165) is 17.0 Å². The van der Waals surface area contributed by atoms with Crippen LogP contribution in [-0.4, -0.2) is 24.0 Å². The summed E-state index contributed by atoms with van der Waals surface area (Å²) >= 11 is 0. The SMILES string of the molecule is COC(=O)CC(=O)CCc1c(C)noc1C. The zero-order chi connectivity index (χ0) is 12.1. The Kier molecular flexibility index (Phi) is 4.22. The number of hydrogen-bond donors (Lipinski definition) is 0. The van der Waals surface area contributed by atoms with Crippen molar-refractivity contribution in [2.24, 2.45) is 0 Å². The van der Waals surface area contributed by atoms with Gasteiger partial charge in [-0.15, -0.1) is 0 Å². The Morgan fingerprint density at radius 2 is 2.06 bits per heavy atom. The predicted octanol–water partition coefficient (Wildman–Crippen LogP) is 1.36. The summed E-state index contributed by atoms with van der Waals surface area (Å²) in [6.07, 6.45) is 0.689. The second-order valence-electron chi connectivity index (χ2n) is 3.59. The predicted molar refractivity (Wildman–Crippen MR) is 55.9 cm³/mol. The molecular weight excluding hydrogens is 210 g/mol. The fourth-order valence-electron chi connectivity index (χ4n) is 1.44. The van der Waals surface area contributed by atoms with Crippen molar-refractivity contribution in [1.29, 1.82) is 0 Å². The first-order valence-corrected chi connectivity index (χ1v) is 5.05. The van der Waals surface area contributed by atoms with Crippen LogP contribution in [0.5, 0.6) is 0 Å². The first kappa shape index (κ1) is 12.4. The van der Waals surface area contributed by atoms with Crippen LogP contribution in [0.15, 0.2) is 4.52 Å². The normalized spacial score (nSPS) is 10.2. The van der Waals surface area contributed by atoms with Gasteiger partial charge in [-0.05, 0) is 20.3 Å². The highest BCUT2D eigenvalue weighted by atomic mass is 16.5. The highest BCUT2D eigenvalue weighted by Crippen LogP contribution is 2.14. The van der Waals surface area contributed by atoms with Gasteiger partial charge >= 0.3 is 5.97 Å². The lowest BCUT2D eigenvalue weighted by Gasteiger charge is -2.00. The van der Waals surface area contributed by atoms with Crippen molar-refractivity contribution < 1.29 is 18.8 Å². The molecule has 0 saturated heterocycles. The van der Waals surface area contributed by atoms with Crippen LogP contribution < -0.4 is 0 Å². The van der Waals surface area contributed by atoms with Gasteiger partial charge in [-0.3, -0.25) is 9.59 Å². The number of Topliss-reactive ketones (excluding diaryl/α,β-unsaturated/α-hetero) is 1. The minimum absolute atomic E-state index is 0.133. The third-order valence-corrected chi connectivity index (χ3v) is 2.40. The fourth-order valence-corrected chi connectivity index (χ4v) is 1.44. The van der Waals surface area contributed by atoms with Crippen LogP contribution in [0.1, 0.15) is 29.9 Å². The molecule has 16 heavy (non-hydrogen) atoms. The van der Waals surface area contributed by atoms with Crippen LogP contribution in [0.25, 0.3) is 0 Å². The molecule has 5 nitrogen and oxygen atoms in total. The molecule has 0 aliphatic carbocycles. The van der Waals surface area contributed by atoms with Gasteiger partial charge < -0.3 is 9.26 Å². The molecule has 0 bridgehead atoms. The maximum Gasteiger partial charge on any atom is 0.313 e. The summed E-state index contributed by atoms with van der Waals surface area (Å²) in [6.45, 7) is 3.64. The fraction of sp³-hybridized carbons (Fsp3) is 0.545. The number of carbonyl (C=O) groups is 2. The minimum atomic E-state index is -0.497. The van der Waals surface area contributed by atoms with E-state index in [2.05, 4.69) is 9.89 Å². The summed E-state index contributed by atoms with van der Waals surface area (Å²) in [5.41, 5.74) is 1.74. The number of carbonyl (C=O) groups excluding carboxylic acids is 2. The van der Waals surface area contributed by atoms with Crippen LogP contribution in [0.4, 0.5) is 0 Å². The van der Waals surface area contributed by atoms with Crippen molar-refractivity contribution >= 4 is 11.8 Å². The van der Waals surface area contributed by atoms with Crippen molar-refractivity contribution in [2.45, 2.75) is 33.1 Å². The van der Waals surface area contributed by atoms with Crippen molar-refractivity contribution in [2.75, 3.05) is 7.11 Å². The van der Waals surface area contributed by atoms with E-state index in [-0.39, 0.29) is 12.2 Å². The number of aromatic nitrogens is 1. The highest BCUT2D eigenvalue weighted by molar-refractivity contribution is 5.95. The van der Waals surface area contributed by atoms with Gasteiger partial charge in [0.05, 0.1) is 12.8 Å².